The summed E-state index contributed by atoms with van der Waals surface area (Å²) < 4.78 is 10.8. The van der Waals surface area contributed by atoms with E-state index in [4.69, 9.17) is 9.15 Å². The quantitative estimate of drug-likeness (QED) is 0.427. The first kappa shape index (κ1) is 16.3. The van der Waals surface area contributed by atoms with Crippen molar-refractivity contribution in [1.82, 2.24) is 0 Å². The van der Waals surface area contributed by atoms with Crippen LogP contribution in [0.3, 0.4) is 0 Å². The molecule has 5 heteroatoms. The highest BCUT2D eigenvalue weighted by Gasteiger charge is 2.17. The smallest absolute Gasteiger partial charge is 0.238 e. The summed E-state index contributed by atoms with van der Waals surface area (Å²) in [4.78, 5) is 12.6. The van der Waals surface area contributed by atoms with Crippen molar-refractivity contribution in [2.24, 2.45) is 0 Å². The van der Waals surface area contributed by atoms with Crippen molar-refractivity contribution in [3.8, 4) is 17.6 Å². The van der Waals surface area contributed by atoms with Crippen molar-refractivity contribution in [2.45, 2.75) is 6.92 Å². The number of phenolic OH excluding ortho intramolecular Hbond substituents is 1. The van der Waals surface area contributed by atoms with Crippen molar-refractivity contribution in [1.29, 1.82) is 5.26 Å². The number of rotatable bonds is 5. The van der Waals surface area contributed by atoms with E-state index in [-0.39, 0.29) is 17.1 Å². The first-order valence-corrected chi connectivity index (χ1v) is 7.73. The number of aromatic hydroxyl groups is 1. The molecule has 0 aliphatic carbocycles. The number of carbonyl (C=O) groups is 1. The summed E-state index contributed by atoms with van der Waals surface area (Å²) in [5, 5.41) is 19.9. The Morgan fingerprint density at radius 1 is 1.28 bits per heavy atom. The molecule has 3 rings (SSSR count). The van der Waals surface area contributed by atoms with Crippen LogP contribution in [-0.4, -0.2) is 17.5 Å². The number of furan rings is 1. The van der Waals surface area contributed by atoms with E-state index in [9.17, 15) is 15.2 Å². The molecule has 0 radical (unpaired) electrons. The number of Topliss-reactive ketones (excluding diaryl/α,β-unsaturated/α-hetero) is 1. The van der Waals surface area contributed by atoms with Gasteiger partial charge in [-0.2, -0.15) is 5.26 Å². The van der Waals surface area contributed by atoms with E-state index in [0.717, 1.165) is 5.39 Å². The SMILES string of the molecule is CCOc1cc(/C=C(\C#N)C(=O)c2cc3ccccc3o2)ccc1O. The van der Waals surface area contributed by atoms with Gasteiger partial charge in [0.2, 0.25) is 5.78 Å². The van der Waals surface area contributed by atoms with Crippen LogP contribution >= 0.6 is 0 Å². The van der Waals surface area contributed by atoms with Gasteiger partial charge >= 0.3 is 0 Å². The third-order valence-corrected chi connectivity index (χ3v) is 3.61. The van der Waals surface area contributed by atoms with E-state index in [1.54, 1.807) is 31.2 Å². The standard InChI is InChI=1S/C20H15NO4/c1-2-24-18-10-13(7-8-16(18)22)9-15(12-21)20(23)19-11-14-5-3-4-6-17(14)25-19/h3-11,22H,2H2,1H3/b15-9+. The van der Waals surface area contributed by atoms with E-state index in [2.05, 4.69) is 0 Å². The Morgan fingerprint density at radius 3 is 2.80 bits per heavy atom. The number of nitriles is 1. The maximum atomic E-state index is 12.6. The molecule has 25 heavy (non-hydrogen) atoms. The number of hydrogen-bond acceptors (Lipinski definition) is 5. The molecule has 0 unspecified atom stereocenters. The van der Waals surface area contributed by atoms with Gasteiger partial charge < -0.3 is 14.3 Å². The number of nitrogens with zero attached hydrogens (tertiary/aromatic N) is 1. The van der Waals surface area contributed by atoms with Crippen LogP contribution < -0.4 is 4.74 Å². The predicted octanol–water partition coefficient (Wildman–Crippen LogP) is 4.33. The van der Waals surface area contributed by atoms with E-state index >= 15 is 0 Å². The van der Waals surface area contributed by atoms with Crippen LogP contribution in [0.25, 0.3) is 17.0 Å². The molecule has 1 heterocycles. The Kier molecular flexibility index (Phi) is 4.53. The van der Waals surface area contributed by atoms with Crippen molar-refractivity contribution >= 4 is 22.8 Å². The number of hydrogen-bond donors (Lipinski definition) is 1. The zero-order chi connectivity index (χ0) is 17.8. The average molecular weight is 333 g/mol. The second kappa shape index (κ2) is 6.93. The van der Waals surface area contributed by atoms with Crippen molar-refractivity contribution in [2.75, 3.05) is 6.61 Å². The minimum atomic E-state index is -0.496. The Balaban J connectivity index is 1.96. The molecular formula is C20H15NO4. The summed E-state index contributed by atoms with van der Waals surface area (Å²) in [7, 11) is 0. The minimum Gasteiger partial charge on any atom is -0.504 e. The predicted molar refractivity (Wildman–Crippen MR) is 93.4 cm³/mol. The van der Waals surface area contributed by atoms with Crippen molar-refractivity contribution < 1.29 is 19.1 Å². The van der Waals surface area contributed by atoms with Crippen molar-refractivity contribution in [3.05, 3.63) is 65.4 Å². The second-order valence-electron chi connectivity index (χ2n) is 5.31. The highest BCUT2D eigenvalue weighted by molar-refractivity contribution is 6.13. The van der Waals surface area contributed by atoms with Crippen LogP contribution in [0, 0.1) is 11.3 Å². The fourth-order valence-corrected chi connectivity index (χ4v) is 2.43. The number of benzene rings is 2. The van der Waals surface area contributed by atoms with Gasteiger partial charge in [-0.3, -0.25) is 4.79 Å². The molecular weight excluding hydrogens is 318 g/mol. The molecule has 0 bridgehead atoms. The zero-order valence-corrected chi connectivity index (χ0v) is 13.5. The number of phenols is 1. The molecule has 0 saturated heterocycles. The van der Waals surface area contributed by atoms with E-state index in [1.807, 2.05) is 24.3 Å². The lowest BCUT2D eigenvalue weighted by molar-refractivity contribution is 0.101. The van der Waals surface area contributed by atoms with Crippen LogP contribution in [0.1, 0.15) is 23.0 Å². The second-order valence-corrected chi connectivity index (χ2v) is 5.31. The molecule has 1 N–H and O–H groups in total. The van der Waals surface area contributed by atoms with Gasteiger partial charge in [0.05, 0.1) is 6.61 Å². The number of ether oxygens (including phenoxy) is 1. The summed E-state index contributed by atoms with van der Waals surface area (Å²) in [6, 6.07) is 15.4. The zero-order valence-electron chi connectivity index (χ0n) is 13.5. The largest absolute Gasteiger partial charge is 0.504 e. The van der Waals surface area contributed by atoms with Gasteiger partial charge in [-0.25, -0.2) is 0 Å². The van der Waals surface area contributed by atoms with Gasteiger partial charge in [-0.05, 0) is 42.8 Å². The minimum absolute atomic E-state index is 0.00104. The first-order chi connectivity index (χ1) is 12.1. The van der Waals surface area contributed by atoms with Gasteiger partial charge in [0.1, 0.15) is 17.2 Å². The molecule has 0 fully saturated rings. The number of fused-ring (bicyclic) bond motifs is 1. The molecule has 0 amide bonds. The Labute approximate surface area is 144 Å². The first-order valence-electron chi connectivity index (χ1n) is 7.73. The number of carbonyl (C=O) groups excluding carboxylic acids is 1. The van der Waals surface area contributed by atoms with Gasteiger partial charge in [-0.1, -0.05) is 24.3 Å². The summed E-state index contributed by atoms with van der Waals surface area (Å²) in [6.07, 6.45) is 1.44. The third-order valence-electron chi connectivity index (χ3n) is 3.61. The normalized spacial score (nSPS) is 11.3. The lowest BCUT2D eigenvalue weighted by atomic mass is 10.1. The Bertz CT molecular complexity index is 975. The molecule has 0 aliphatic rings. The Hall–Kier alpha value is -3.52. The van der Waals surface area contributed by atoms with Crippen LogP contribution in [0.15, 0.2) is 58.5 Å². The summed E-state index contributed by atoms with van der Waals surface area (Å²) in [6.45, 7) is 2.19. The molecule has 2 aromatic carbocycles. The summed E-state index contributed by atoms with van der Waals surface area (Å²) in [5.41, 5.74) is 1.10. The van der Waals surface area contributed by atoms with Crippen molar-refractivity contribution in [3.63, 3.8) is 0 Å². The maximum absolute atomic E-state index is 12.6. The molecule has 3 aromatic rings. The lowest BCUT2D eigenvalue weighted by Gasteiger charge is -2.06. The summed E-state index contributed by atoms with van der Waals surface area (Å²) in [5.74, 6) is -0.0895. The number of ketones is 1. The monoisotopic (exact) mass is 333 g/mol. The third kappa shape index (κ3) is 3.38. The lowest BCUT2D eigenvalue weighted by Crippen LogP contribution is -2.00. The van der Waals surface area contributed by atoms with Gasteiger partial charge in [0, 0.05) is 5.39 Å². The molecule has 0 saturated carbocycles. The van der Waals surface area contributed by atoms with E-state index in [1.165, 1.54) is 12.1 Å². The molecule has 0 aliphatic heterocycles. The summed E-state index contributed by atoms with van der Waals surface area (Å²) >= 11 is 0. The molecule has 1 aromatic heterocycles. The molecule has 0 spiro atoms. The van der Waals surface area contributed by atoms with Gasteiger partial charge in [-0.15, -0.1) is 0 Å². The fraction of sp³-hybridized carbons (Fsp3) is 0.100. The van der Waals surface area contributed by atoms with Crippen LogP contribution in [0.5, 0.6) is 11.5 Å². The van der Waals surface area contributed by atoms with E-state index < -0.39 is 5.78 Å². The molecule has 0 atom stereocenters. The number of allylic oxidation sites excluding steroid dienone is 1. The van der Waals surface area contributed by atoms with Gasteiger partial charge in [0.15, 0.2) is 17.3 Å². The van der Waals surface area contributed by atoms with Crippen LogP contribution in [-0.2, 0) is 0 Å². The van der Waals surface area contributed by atoms with Crippen LogP contribution in [0.2, 0.25) is 0 Å². The highest BCUT2D eigenvalue weighted by atomic mass is 16.5. The Morgan fingerprint density at radius 2 is 2.08 bits per heavy atom. The van der Waals surface area contributed by atoms with E-state index in [0.29, 0.717) is 23.5 Å². The fourth-order valence-electron chi connectivity index (χ4n) is 2.43. The maximum Gasteiger partial charge on any atom is 0.238 e. The topological polar surface area (TPSA) is 83.5 Å². The average Bonchev–Trinajstić information content (AvgIpc) is 3.06. The number of para-hydroxylation sites is 1. The molecule has 5 nitrogen and oxygen atoms in total. The van der Waals surface area contributed by atoms with Gasteiger partial charge in [0.25, 0.3) is 0 Å². The van der Waals surface area contributed by atoms with Crippen LogP contribution in [0.4, 0.5) is 0 Å². The molecule has 124 valence electrons. The highest BCUT2D eigenvalue weighted by Crippen LogP contribution is 2.28.